The molecule has 1 saturated heterocycles. The monoisotopic (exact) mass is 281 g/mol. The number of amides is 1. The van der Waals surface area contributed by atoms with E-state index in [1.54, 1.807) is 11.3 Å². The van der Waals surface area contributed by atoms with Gasteiger partial charge in [-0.15, -0.1) is 0 Å². The van der Waals surface area contributed by atoms with Gasteiger partial charge in [0.25, 0.3) is 0 Å². The lowest BCUT2D eigenvalue weighted by Crippen LogP contribution is -2.30. The molecule has 0 radical (unpaired) electrons. The molecule has 1 aliphatic heterocycles. The molecule has 1 amide bonds. The lowest BCUT2D eigenvalue weighted by atomic mass is 10.1. The molecule has 2 rings (SSSR count). The Hall–Kier alpha value is -1.36. The van der Waals surface area contributed by atoms with E-state index in [1.807, 2.05) is 10.3 Å². The minimum atomic E-state index is -0.787. The molecule has 4 nitrogen and oxygen atoms in total. The van der Waals surface area contributed by atoms with Gasteiger partial charge in [0.05, 0.1) is 6.04 Å². The summed E-state index contributed by atoms with van der Waals surface area (Å²) >= 11 is 1.66. The van der Waals surface area contributed by atoms with Crippen molar-refractivity contribution in [3.63, 3.8) is 0 Å². The van der Waals surface area contributed by atoms with Crippen LogP contribution >= 0.6 is 11.3 Å². The number of hydrogen-bond acceptors (Lipinski definition) is 3. The molecular weight excluding hydrogens is 262 g/mol. The van der Waals surface area contributed by atoms with Gasteiger partial charge in [-0.3, -0.25) is 9.59 Å². The van der Waals surface area contributed by atoms with E-state index in [1.165, 1.54) is 5.56 Å². The van der Waals surface area contributed by atoms with Gasteiger partial charge >= 0.3 is 5.97 Å². The molecule has 0 aromatic carbocycles. The van der Waals surface area contributed by atoms with Crippen LogP contribution in [0.4, 0.5) is 0 Å². The van der Waals surface area contributed by atoms with Gasteiger partial charge in [0.15, 0.2) is 0 Å². The number of rotatable bonds is 6. The first-order valence-electron chi connectivity index (χ1n) is 6.72. The summed E-state index contributed by atoms with van der Waals surface area (Å²) in [5.41, 5.74) is 1.24. The third-order valence-corrected chi connectivity index (χ3v) is 4.23. The number of carbonyl (C=O) groups is 2. The molecular formula is C14H19NO3S. The van der Waals surface area contributed by atoms with Gasteiger partial charge in [-0.1, -0.05) is 0 Å². The molecule has 0 bridgehead atoms. The van der Waals surface area contributed by atoms with E-state index in [4.69, 9.17) is 5.11 Å². The second-order valence-electron chi connectivity index (χ2n) is 4.90. The second-order valence-corrected chi connectivity index (χ2v) is 5.68. The zero-order chi connectivity index (χ0) is 13.7. The summed E-state index contributed by atoms with van der Waals surface area (Å²) in [6.45, 7) is 0.832. The molecule has 5 heteroatoms. The molecule has 1 unspecified atom stereocenters. The van der Waals surface area contributed by atoms with Crippen LogP contribution in [0.25, 0.3) is 0 Å². The largest absolute Gasteiger partial charge is 0.481 e. The Bertz CT molecular complexity index is 430. The molecule has 0 aliphatic carbocycles. The maximum Gasteiger partial charge on any atom is 0.303 e. The Morgan fingerprint density at radius 1 is 1.37 bits per heavy atom. The summed E-state index contributed by atoms with van der Waals surface area (Å²) < 4.78 is 0. The SMILES string of the molecule is O=C(O)CCCCC(=O)N1CCCC1c1ccsc1. The van der Waals surface area contributed by atoms with Crippen LogP contribution in [0.2, 0.25) is 0 Å². The van der Waals surface area contributed by atoms with Crippen molar-refractivity contribution in [3.8, 4) is 0 Å². The molecule has 1 aliphatic rings. The number of carboxylic acid groups (broad SMARTS) is 1. The molecule has 104 valence electrons. The van der Waals surface area contributed by atoms with Crippen molar-refractivity contribution >= 4 is 23.2 Å². The highest BCUT2D eigenvalue weighted by atomic mass is 32.1. The van der Waals surface area contributed by atoms with Gasteiger partial charge in [-0.05, 0) is 48.1 Å². The number of thiophene rings is 1. The smallest absolute Gasteiger partial charge is 0.303 e. The fourth-order valence-corrected chi connectivity index (χ4v) is 3.28. The highest BCUT2D eigenvalue weighted by molar-refractivity contribution is 7.07. The Kier molecular flexibility index (Phi) is 4.96. The van der Waals surface area contributed by atoms with Crippen molar-refractivity contribution in [1.29, 1.82) is 0 Å². The zero-order valence-corrected chi connectivity index (χ0v) is 11.7. The van der Waals surface area contributed by atoms with E-state index in [2.05, 4.69) is 11.4 Å². The van der Waals surface area contributed by atoms with Gasteiger partial charge in [-0.2, -0.15) is 11.3 Å². The van der Waals surface area contributed by atoms with Crippen LogP contribution < -0.4 is 0 Å². The van der Waals surface area contributed by atoms with Crippen molar-refractivity contribution < 1.29 is 14.7 Å². The predicted octanol–water partition coefficient (Wildman–Crippen LogP) is 3.06. The van der Waals surface area contributed by atoms with Gasteiger partial charge in [0.2, 0.25) is 5.91 Å². The van der Waals surface area contributed by atoms with E-state index in [9.17, 15) is 9.59 Å². The fraction of sp³-hybridized carbons (Fsp3) is 0.571. The average Bonchev–Trinajstić information content (AvgIpc) is 3.02. The van der Waals surface area contributed by atoms with Crippen LogP contribution in [0.3, 0.4) is 0 Å². The maximum atomic E-state index is 12.2. The van der Waals surface area contributed by atoms with Gasteiger partial charge in [-0.25, -0.2) is 0 Å². The van der Waals surface area contributed by atoms with Crippen molar-refractivity contribution in [2.45, 2.75) is 44.6 Å². The van der Waals surface area contributed by atoms with Crippen molar-refractivity contribution in [1.82, 2.24) is 4.90 Å². The molecule has 1 N–H and O–H groups in total. The van der Waals surface area contributed by atoms with Crippen LogP contribution in [0, 0.1) is 0 Å². The topological polar surface area (TPSA) is 57.6 Å². The van der Waals surface area contributed by atoms with Crippen molar-refractivity contribution in [3.05, 3.63) is 22.4 Å². The number of likely N-dealkylation sites (tertiary alicyclic amines) is 1. The van der Waals surface area contributed by atoms with Crippen LogP contribution in [-0.2, 0) is 9.59 Å². The van der Waals surface area contributed by atoms with Gasteiger partial charge < -0.3 is 10.0 Å². The maximum absolute atomic E-state index is 12.2. The zero-order valence-electron chi connectivity index (χ0n) is 10.9. The van der Waals surface area contributed by atoms with E-state index < -0.39 is 5.97 Å². The van der Waals surface area contributed by atoms with E-state index in [0.717, 1.165) is 19.4 Å². The molecule has 2 heterocycles. The summed E-state index contributed by atoms with van der Waals surface area (Å²) in [5.74, 6) is -0.621. The van der Waals surface area contributed by atoms with E-state index in [-0.39, 0.29) is 18.4 Å². The quantitative estimate of drug-likeness (QED) is 0.815. The summed E-state index contributed by atoms with van der Waals surface area (Å²) in [4.78, 5) is 24.6. The molecule has 0 spiro atoms. The van der Waals surface area contributed by atoms with Crippen LogP contribution in [0.1, 0.15) is 50.1 Å². The summed E-state index contributed by atoms with van der Waals surface area (Å²) in [6, 6.07) is 2.32. The second kappa shape index (κ2) is 6.70. The highest BCUT2D eigenvalue weighted by Gasteiger charge is 2.29. The number of aliphatic carboxylic acids is 1. The average molecular weight is 281 g/mol. The first kappa shape index (κ1) is 14.1. The number of hydrogen-bond donors (Lipinski definition) is 1. The third kappa shape index (κ3) is 3.80. The fourth-order valence-electron chi connectivity index (χ4n) is 2.57. The Balaban J connectivity index is 1.83. The standard InChI is InChI=1S/C14H19NO3S/c16-13(5-1-2-6-14(17)18)15-8-3-4-12(15)11-7-9-19-10-11/h7,9-10,12H,1-6,8H2,(H,17,18). The summed E-state index contributed by atoms with van der Waals surface area (Å²) in [7, 11) is 0. The van der Waals surface area contributed by atoms with Crippen LogP contribution in [-0.4, -0.2) is 28.4 Å². The van der Waals surface area contributed by atoms with Crippen molar-refractivity contribution in [2.75, 3.05) is 6.54 Å². The van der Waals surface area contributed by atoms with Crippen LogP contribution in [0.5, 0.6) is 0 Å². The van der Waals surface area contributed by atoms with E-state index >= 15 is 0 Å². The molecule has 19 heavy (non-hydrogen) atoms. The minimum Gasteiger partial charge on any atom is -0.481 e. The first-order chi connectivity index (χ1) is 9.18. The Morgan fingerprint density at radius 3 is 2.84 bits per heavy atom. The number of carboxylic acids is 1. The molecule has 1 aromatic rings. The summed E-state index contributed by atoms with van der Waals surface area (Å²) in [6.07, 6.45) is 3.96. The molecule has 0 saturated carbocycles. The highest BCUT2D eigenvalue weighted by Crippen LogP contribution is 2.33. The van der Waals surface area contributed by atoms with E-state index in [0.29, 0.717) is 19.3 Å². The van der Waals surface area contributed by atoms with Gasteiger partial charge in [0.1, 0.15) is 0 Å². The number of unbranched alkanes of at least 4 members (excludes halogenated alkanes) is 1. The number of nitrogens with zero attached hydrogens (tertiary/aromatic N) is 1. The number of carbonyl (C=O) groups excluding carboxylic acids is 1. The Labute approximate surface area is 117 Å². The van der Waals surface area contributed by atoms with Crippen molar-refractivity contribution in [2.24, 2.45) is 0 Å². The molecule has 1 fully saturated rings. The Morgan fingerprint density at radius 2 is 2.16 bits per heavy atom. The normalized spacial score (nSPS) is 18.7. The third-order valence-electron chi connectivity index (χ3n) is 3.53. The molecule has 1 aromatic heterocycles. The molecule has 1 atom stereocenters. The lowest BCUT2D eigenvalue weighted by Gasteiger charge is -2.24. The lowest BCUT2D eigenvalue weighted by molar-refractivity contribution is -0.137. The van der Waals surface area contributed by atoms with Crippen LogP contribution in [0.15, 0.2) is 16.8 Å². The minimum absolute atomic E-state index is 0.154. The summed E-state index contributed by atoms with van der Waals surface area (Å²) in [5, 5.41) is 12.7. The first-order valence-corrected chi connectivity index (χ1v) is 7.66. The van der Waals surface area contributed by atoms with Gasteiger partial charge in [0, 0.05) is 19.4 Å². The predicted molar refractivity (Wildman–Crippen MR) is 74.1 cm³/mol.